The first kappa shape index (κ1) is 25.2. The molecule has 3 heteroatoms. The second-order valence-corrected chi connectivity index (χ2v) is 13.2. The van der Waals surface area contributed by atoms with E-state index < -0.39 is 11.8 Å². The summed E-state index contributed by atoms with van der Waals surface area (Å²) in [6.07, 6.45) is 0.658. The molecule has 0 bridgehead atoms. The van der Waals surface area contributed by atoms with E-state index in [-0.39, 0.29) is 0 Å². The molecule has 220 valence electrons. The van der Waals surface area contributed by atoms with Crippen molar-refractivity contribution in [2.45, 2.75) is 34.1 Å². The summed E-state index contributed by atoms with van der Waals surface area (Å²) in [7, 11) is 2.07. The number of pyridine rings is 1. The van der Waals surface area contributed by atoms with Crippen LogP contribution in [0.15, 0.2) is 126 Å². The van der Waals surface area contributed by atoms with E-state index in [1.54, 1.807) is 0 Å². The van der Waals surface area contributed by atoms with Crippen molar-refractivity contribution in [3.8, 4) is 28.1 Å². The quantitative estimate of drug-likeness (QED) is 0.188. The molecular formula is C42H37N2O+. The third-order valence-corrected chi connectivity index (χ3v) is 8.80. The maximum absolute atomic E-state index is 8.70. The van der Waals surface area contributed by atoms with Gasteiger partial charge in [-0.1, -0.05) is 93.6 Å². The second kappa shape index (κ2) is 10.2. The predicted octanol–water partition coefficient (Wildman–Crippen LogP) is 10.7. The standard InChI is InChI=1S/C42H37N2O/c1-27-15-20-33-35-24-34-32-13-9-10-14-36(32)44(31-11-7-6-8-12-31)37(34)25-39(35)45-41(33)40(27)38-23-30(21-22-43(38)5)29-18-16-28(17-19-29)26-42(2,3)4/h6-25H,26H2,1-5H3/q+1/i26D2. The van der Waals surface area contributed by atoms with Gasteiger partial charge < -0.3 is 8.98 Å². The molecule has 8 rings (SSSR count). The fourth-order valence-electron chi connectivity index (χ4n) is 6.75. The van der Waals surface area contributed by atoms with Crippen molar-refractivity contribution >= 4 is 43.7 Å². The number of rotatable bonds is 4. The molecule has 3 heterocycles. The minimum Gasteiger partial charge on any atom is -0.455 e. The van der Waals surface area contributed by atoms with Gasteiger partial charge in [-0.05, 0) is 65.2 Å². The zero-order valence-electron chi connectivity index (χ0n) is 28.3. The largest absolute Gasteiger partial charge is 0.455 e. The minimum atomic E-state index is -1.44. The number of fused-ring (bicyclic) bond motifs is 6. The number of hydrogen-bond acceptors (Lipinski definition) is 1. The highest BCUT2D eigenvalue weighted by Crippen LogP contribution is 2.41. The summed E-state index contributed by atoms with van der Waals surface area (Å²) in [5.41, 5.74) is 10.7. The molecule has 3 aromatic heterocycles. The Morgan fingerprint density at radius 1 is 0.711 bits per heavy atom. The first-order valence-corrected chi connectivity index (χ1v) is 15.6. The Bertz CT molecular complexity index is 2480. The van der Waals surface area contributed by atoms with Crippen LogP contribution in [0.25, 0.3) is 71.8 Å². The molecule has 0 unspecified atom stereocenters. The predicted molar refractivity (Wildman–Crippen MR) is 188 cm³/mol. The molecule has 0 amide bonds. The average Bonchev–Trinajstić information content (AvgIpc) is 3.58. The van der Waals surface area contributed by atoms with Gasteiger partial charge in [-0.3, -0.25) is 0 Å². The Balaban J connectivity index is 1.31. The van der Waals surface area contributed by atoms with Gasteiger partial charge in [0.2, 0.25) is 5.69 Å². The van der Waals surface area contributed by atoms with Crippen LogP contribution in [0, 0.1) is 12.3 Å². The third-order valence-electron chi connectivity index (χ3n) is 8.80. The summed E-state index contributed by atoms with van der Waals surface area (Å²) in [6.45, 7) is 7.97. The highest BCUT2D eigenvalue weighted by atomic mass is 16.3. The molecule has 5 aromatic carbocycles. The van der Waals surface area contributed by atoms with Crippen molar-refractivity contribution in [2.75, 3.05) is 0 Å². The van der Waals surface area contributed by atoms with Gasteiger partial charge in [0.1, 0.15) is 18.2 Å². The molecule has 0 aliphatic heterocycles. The summed E-state index contributed by atoms with van der Waals surface area (Å²) < 4.78 is 28.7. The van der Waals surface area contributed by atoms with Crippen LogP contribution in [0.1, 0.15) is 34.6 Å². The van der Waals surface area contributed by atoms with Crippen molar-refractivity contribution in [1.82, 2.24) is 4.57 Å². The Hall–Kier alpha value is -5.15. The van der Waals surface area contributed by atoms with Crippen LogP contribution in [0.5, 0.6) is 0 Å². The lowest BCUT2D eigenvalue weighted by atomic mass is 9.87. The van der Waals surface area contributed by atoms with Gasteiger partial charge in [0, 0.05) is 48.2 Å². The topological polar surface area (TPSA) is 21.9 Å². The molecule has 0 fully saturated rings. The average molecular weight is 588 g/mol. The fraction of sp³-hybridized carbons (Fsp3) is 0.167. The SMILES string of the molecule is [2H]C([2H])(c1ccc(-c2cc[n+](C)c(-c3c(C)ccc4c3oc3cc5c(cc34)c3ccccc3n5-c3ccccc3)c2)cc1)C(C)(C)C. The van der Waals surface area contributed by atoms with Crippen LogP contribution in [-0.4, -0.2) is 4.57 Å². The zero-order valence-corrected chi connectivity index (χ0v) is 26.3. The van der Waals surface area contributed by atoms with Gasteiger partial charge >= 0.3 is 0 Å². The van der Waals surface area contributed by atoms with Gasteiger partial charge in [0.15, 0.2) is 6.20 Å². The first-order chi connectivity index (χ1) is 22.5. The van der Waals surface area contributed by atoms with E-state index in [4.69, 9.17) is 7.16 Å². The lowest BCUT2D eigenvalue weighted by Gasteiger charge is -2.18. The molecule has 45 heavy (non-hydrogen) atoms. The summed E-state index contributed by atoms with van der Waals surface area (Å²) in [4.78, 5) is 0. The first-order valence-electron chi connectivity index (χ1n) is 16.6. The van der Waals surface area contributed by atoms with Crippen molar-refractivity contribution < 1.29 is 11.7 Å². The molecule has 0 saturated heterocycles. The van der Waals surface area contributed by atoms with Crippen LogP contribution >= 0.6 is 0 Å². The van der Waals surface area contributed by atoms with Gasteiger partial charge in [-0.25, -0.2) is 4.57 Å². The molecule has 0 radical (unpaired) electrons. The van der Waals surface area contributed by atoms with Gasteiger partial charge in [0.25, 0.3) is 0 Å². The van der Waals surface area contributed by atoms with E-state index in [2.05, 4.69) is 120 Å². The Kier molecular flexibility index (Phi) is 5.72. The number of benzene rings is 5. The lowest BCUT2D eigenvalue weighted by molar-refractivity contribution is -0.660. The molecule has 3 nitrogen and oxygen atoms in total. The minimum absolute atomic E-state index is 0.506. The monoisotopic (exact) mass is 587 g/mol. The maximum Gasteiger partial charge on any atom is 0.216 e. The number of aromatic nitrogens is 2. The number of aryl methyl sites for hydroxylation is 2. The molecule has 0 atom stereocenters. The van der Waals surface area contributed by atoms with Gasteiger partial charge in [0.05, 0.1) is 16.6 Å². The van der Waals surface area contributed by atoms with Crippen LogP contribution in [0.4, 0.5) is 0 Å². The zero-order chi connectivity index (χ0) is 32.7. The van der Waals surface area contributed by atoms with Crippen molar-refractivity contribution in [1.29, 1.82) is 0 Å². The molecule has 0 spiro atoms. The number of furan rings is 1. The van der Waals surface area contributed by atoms with E-state index in [1.165, 1.54) is 16.3 Å². The Morgan fingerprint density at radius 3 is 2.24 bits per heavy atom. The van der Waals surface area contributed by atoms with E-state index in [0.717, 1.165) is 61.1 Å². The van der Waals surface area contributed by atoms with E-state index in [9.17, 15) is 0 Å². The van der Waals surface area contributed by atoms with Crippen LogP contribution < -0.4 is 4.57 Å². The smallest absolute Gasteiger partial charge is 0.216 e. The van der Waals surface area contributed by atoms with Crippen molar-refractivity contribution in [3.63, 3.8) is 0 Å². The summed E-state index contributed by atoms with van der Waals surface area (Å²) in [6, 6.07) is 40.2. The lowest BCUT2D eigenvalue weighted by Crippen LogP contribution is -2.30. The highest BCUT2D eigenvalue weighted by Gasteiger charge is 2.23. The second-order valence-electron chi connectivity index (χ2n) is 13.2. The fourth-order valence-corrected chi connectivity index (χ4v) is 6.75. The number of para-hydroxylation sites is 2. The molecule has 8 aromatic rings. The van der Waals surface area contributed by atoms with Crippen LogP contribution in [0.3, 0.4) is 0 Å². The van der Waals surface area contributed by atoms with Crippen molar-refractivity contribution in [2.24, 2.45) is 12.5 Å². The van der Waals surface area contributed by atoms with E-state index in [0.29, 0.717) is 5.56 Å². The molecular weight excluding hydrogens is 548 g/mol. The Labute approximate surface area is 266 Å². The van der Waals surface area contributed by atoms with Gasteiger partial charge in [-0.15, -0.1) is 0 Å². The highest BCUT2D eigenvalue weighted by molar-refractivity contribution is 6.18. The summed E-state index contributed by atoms with van der Waals surface area (Å²) in [5, 5.41) is 4.62. The molecule has 0 saturated carbocycles. The van der Waals surface area contributed by atoms with Crippen LogP contribution in [-0.2, 0) is 13.4 Å². The van der Waals surface area contributed by atoms with E-state index in [1.807, 2.05) is 45.0 Å². The Morgan fingerprint density at radius 2 is 1.47 bits per heavy atom. The molecule has 0 N–H and O–H groups in total. The van der Waals surface area contributed by atoms with Crippen molar-refractivity contribution in [3.05, 3.63) is 133 Å². The summed E-state index contributed by atoms with van der Waals surface area (Å²) >= 11 is 0. The normalized spacial score (nSPS) is 13.2. The maximum atomic E-state index is 8.70. The number of nitrogens with zero attached hydrogens (tertiary/aromatic N) is 2. The van der Waals surface area contributed by atoms with E-state index >= 15 is 0 Å². The molecule has 0 aliphatic rings. The third kappa shape index (κ3) is 4.62. The number of hydrogen-bond donors (Lipinski definition) is 0. The van der Waals surface area contributed by atoms with Gasteiger partial charge in [-0.2, -0.15) is 0 Å². The molecule has 0 aliphatic carbocycles. The summed E-state index contributed by atoms with van der Waals surface area (Å²) in [5.74, 6) is 0. The van der Waals surface area contributed by atoms with Crippen LogP contribution in [0.2, 0.25) is 0 Å².